The molecule has 3 rings (SSSR count). The number of hydrogen-bond donors (Lipinski definition) is 1. The van der Waals surface area contributed by atoms with E-state index in [9.17, 15) is 13.5 Å². The topological polar surface area (TPSA) is 76.1 Å². The zero-order valence-corrected chi connectivity index (χ0v) is 14.3. The number of methoxy groups -OCH3 is 2. The molecule has 0 bridgehead atoms. The van der Waals surface area contributed by atoms with Gasteiger partial charge in [0.15, 0.2) is 11.5 Å². The van der Waals surface area contributed by atoms with E-state index < -0.39 is 16.1 Å². The highest BCUT2D eigenvalue weighted by Gasteiger charge is 2.32. The van der Waals surface area contributed by atoms with Crippen molar-refractivity contribution in [2.24, 2.45) is 0 Å². The van der Waals surface area contributed by atoms with Crippen LogP contribution in [0.25, 0.3) is 0 Å². The predicted octanol–water partition coefficient (Wildman–Crippen LogP) is 2.34. The van der Waals surface area contributed by atoms with Crippen LogP contribution < -0.4 is 13.8 Å². The maximum absolute atomic E-state index is 13.1. The van der Waals surface area contributed by atoms with E-state index in [2.05, 4.69) is 0 Å². The Balaban J connectivity index is 2.08. The zero-order valence-electron chi connectivity index (χ0n) is 13.5. The Morgan fingerprint density at radius 2 is 1.79 bits per heavy atom. The number of hydrogen-bond acceptors (Lipinski definition) is 5. The minimum atomic E-state index is -3.77. The van der Waals surface area contributed by atoms with E-state index in [-0.39, 0.29) is 11.4 Å². The minimum absolute atomic E-state index is 0.117. The van der Waals surface area contributed by atoms with Crippen molar-refractivity contribution in [3.8, 4) is 11.5 Å². The molecule has 0 fully saturated rings. The Labute approximate surface area is 141 Å². The van der Waals surface area contributed by atoms with Crippen LogP contribution in [0.5, 0.6) is 11.5 Å². The summed E-state index contributed by atoms with van der Waals surface area (Å²) in [7, 11) is -0.816. The molecule has 1 atom stereocenters. The Kier molecular flexibility index (Phi) is 4.38. The average Bonchev–Trinajstić information content (AvgIpc) is 2.61. The van der Waals surface area contributed by atoms with Crippen LogP contribution in [-0.4, -0.2) is 34.3 Å². The van der Waals surface area contributed by atoms with Gasteiger partial charge in [-0.3, -0.25) is 4.31 Å². The first-order valence-electron chi connectivity index (χ1n) is 7.51. The second-order valence-electron chi connectivity index (χ2n) is 5.46. The van der Waals surface area contributed by atoms with Crippen LogP contribution in [0.15, 0.2) is 47.4 Å². The molecule has 0 aromatic heterocycles. The molecule has 1 N–H and O–H groups in total. The van der Waals surface area contributed by atoms with Gasteiger partial charge >= 0.3 is 0 Å². The monoisotopic (exact) mass is 349 g/mol. The summed E-state index contributed by atoms with van der Waals surface area (Å²) in [4.78, 5) is 0.117. The number of sulfonamides is 1. The van der Waals surface area contributed by atoms with Crippen LogP contribution in [0.2, 0.25) is 0 Å². The largest absolute Gasteiger partial charge is 0.493 e. The quantitative estimate of drug-likeness (QED) is 0.917. The lowest BCUT2D eigenvalue weighted by molar-refractivity contribution is 0.166. The number of aliphatic hydroxyl groups is 1. The molecular weight excluding hydrogens is 330 g/mol. The summed E-state index contributed by atoms with van der Waals surface area (Å²) in [5.74, 6) is 0.815. The van der Waals surface area contributed by atoms with Crippen molar-refractivity contribution in [3.63, 3.8) is 0 Å². The number of rotatable bonds is 4. The summed E-state index contributed by atoms with van der Waals surface area (Å²) < 4.78 is 37.8. The fraction of sp³-hybridized carbons (Fsp3) is 0.294. The molecule has 0 saturated carbocycles. The molecule has 2 aromatic carbocycles. The highest BCUT2D eigenvalue weighted by molar-refractivity contribution is 7.92. The Hall–Kier alpha value is -2.25. The first-order chi connectivity index (χ1) is 11.5. The van der Waals surface area contributed by atoms with Crippen LogP contribution in [0, 0.1) is 0 Å². The number of aliphatic hydroxyl groups excluding tert-OH is 1. The fourth-order valence-corrected chi connectivity index (χ4v) is 4.39. The van der Waals surface area contributed by atoms with Gasteiger partial charge in [0.1, 0.15) is 0 Å². The number of benzene rings is 2. The van der Waals surface area contributed by atoms with Crippen molar-refractivity contribution < 1.29 is 23.0 Å². The second kappa shape index (κ2) is 6.33. The molecule has 1 heterocycles. The maximum Gasteiger partial charge on any atom is 0.264 e. The smallest absolute Gasteiger partial charge is 0.264 e. The van der Waals surface area contributed by atoms with E-state index in [4.69, 9.17) is 9.47 Å². The third-order valence-electron chi connectivity index (χ3n) is 4.11. The van der Waals surface area contributed by atoms with Crippen molar-refractivity contribution in [3.05, 3.63) is 48.0 Å². The van der Waals surface area contributed by atoms with Gasteiger partial charge in [-0.25, -0.2) is 8.42 Å². The molecule has 1 aliphatic heterocycles. The molecule has 0 radical (unpaired) electrons. The second-order valence-corrected chi connectivity index (χ2v) is 7.32. The minimum Gasteiger partial charge on any atom is -0.493 e. The molecule has 128 valence electrons. The van der Waals surface area contributed by atoms with E-state index >= 15 is 0 Å². The van der Waals surface area contributed by atoms with Gasteiger partial charge < -0.3 is 14.6 Å². The summed E-state index contributed by atoms with van der Waals surface area (Å²) in [6.45, 7) is 0.217. The maximum atomic E-state index is 13.1. The van der Waals surface area contributed by atoms with E-state index in [0.717, 1.165) is 0 Å². The molecule has 0 aliphatic carbocycles. The molecule has 6 nitrogen and oxygen atoms in total. The van der Waals surface area contributed by atoms with E-state index in [1.165, 1.54) is 30.7 Å². The van der Waals surface area contributed by atoms with Crippen molar-refractivity contribution >= 4 is 15.7 Å². The highest BCUT2D eigenvalue weighted by Crippen LogP contribution is 2.38. The van der Waals surface area contributed by atoms with Gasteiger partial charge in [-0.15, -0.1) is 0 Å². The number of fused-ring (bicyclic) bond motifs is 1. The highest BCUT2D eigenvalue weighted by atomic mass is 32.2. The standard InChI is InChI=1S/C17H19NO5S/c1-22-16-8-7-12(11-17(16)23-2)24(20,21)18-10-9-15(19)13-5-3-4-6-14(13)18/h3-8,11,15,19H,9-10H2,1-2H3. The van der Waals surface area contributed by atoms with Crippen molar-refractivity contribution in [1.29, 1.82) is 0 Å². The molecule has 1 unspecified atom stereocenters. The number of ether oxygens (including phenoxy) is 2. The van der Waals surface area contributed by atoms with E-state index in [1.807, 2.05) is 0 Å². The Morgan fingerprint density at radius 1 is 1.08 bits per heavy atom. The molecular formula is C17H19NO5S. The molecule has 0 saturated heterocycles. The molecule has 0 amide bonds. The summed E-state index contributed by atoms with van der Waals surface area (Å²) in [5, 5.41) is 10.1. The number of nitrogens with zero attached hydrogens (tertiary/aromatic N) is 1. The summed E-state index contributed by atoms with van der Waals surface area (Å²) >= 11 is 0. The first-order valence-corrected chi connectivity index (χ1v) is 8.95. The molecule has 0 spiro atoms. The van der Waals surface area contributed by atoms with Gasteiger partial charge in [0, 0.05) is 18.2 Å². The van der Waals surface area contributed by atoms with Crippen molar-refractivity contribution in [2.45, 2.75) is 17.4 Å². The molecule has 2 aromatic rings. The average molecular weight is 349 g/mol. The van der Waals surface area contributed by atoms with Crippen LogP contribution in [0.3, 0.4) is 0 Å². The van der Waals surface area contributed by atoms with Gasteiger partial charge in [-0.2, -0.15) is 0 Å². The summed E-state index contributed by atoms with van der Waals surface area (Å²) in [6, 6.07) is 11.5. The van der Waals surface area contributed by atoms with Gasteiger partial charge in [0.2, 0.25) is 0 Å². The van der Waals surface area contributed by atoms with Crippen LogP contribution >= 0.6 is 0 Å². The predicted molar refractivity (Wildman–Crippen MR) is 90.1 cm³/mol. The van der Waals surface area contributed by atoms with Gasteiger partial charge in [-0.05, 0) is 24.6 Å². The lowest BCUT2D eigenvalue weighted by Crippen LogP contribution is -2.36. The van der Waals surface area contributed by atoms with Crippen LogP contribution in [0.1, 0.15) is 18.1 Å². The van der Waals surface area contributed by atoms with Crippen molar-refractivity contribution in [2.75, 3.05) is 25.1 Å². The summed E-state index contributed by atoms with van der Waals surface area (Å²) in [5.41, 5.74) is 1.12. The SMILES string of the molecule is COc1ccc(S(=O)(=O)N2CCC(O)c3ccccc32)cc1OC. The Morgan fingerprint density at radius 3 is 2.50 bits per heavy atom. The third kappa shape index (κ3) is 2.70. The van der Waals surface area contributed by atoms with Gasteiger partial charge in [0.05, 0.1) is 30.9 Å². The molecule has 7 heteroatoms. The van der Waals surface area contributed by atoms with Crippen LogP contribution in [-0.2, 0) is 10.0 Å². The lowest BCUT2D eigenvalue weighted by Gasteiger charge is -2.33. The van der Waals surface area contributed by atoms with Gasteiger partial charge in [0.25, 0.3) is 10.0 Å². The third-order valence-corrected chi connectivity index (χ3v) is 5.92. The Bertz CT molecular complexity index is 850. The molecule has 24 heavy (non-hydrogen) atoms. The lowest BCUT2D eigenvalue weighted by atomic mass is 10.0. The summed E-state index contributed by atoms with van der Waals surface area (Å²) in [6.07, 6.45) is -0.304. The van der Waals surface area contributed by atoms with E-state index in [0.29, 0.717) is 29.2 Å². The number of para-hydroxylation sites is 1. The molecule has 1 aliphatic rings. The fourth-order valence-electron chi connectivity index (χ4n) is 2.87. The van der Waals surface area contributed by atoms with Crippen LogP contribution in [0.4, 0.5) is 5.69 Å². The first kappa shape index (κ1) is 16.6. The zero-order chi connectivity index (χ0) is 17.3. The van der Waals surface area contributed by atoms with Gasteiger partial charge in [-0.1, -0.05) is 18.2 Å². The van der Waals surface area contributed by atoms with E-state index in [1.54, 1.807) is 30.3 Å². The van der Waals surface area contributed by atoms with Crippen molar-refractivity contribution in [1.82, 2.24) is 0 Å². The number of anilines is 1. The normalized spacial score (nSPS) is 17.3.